The summed E-state index contributed by atoms with van der Waals surface area (Å²) >= 11 is 5.61. The standard InChI is InChI=1S/C19H19ClO2/c1-12-5-10-15(16(11-12)18(20)22)17(21)13-6-8-14(9-7-13)19(2,3)4/h5-11H,1-4H3. The third kappa shape index (κ3) is 3.45. The summed E-state index contributed by atoms with van der Waals surface area (Å²) in [5.74, 6) is -0.190. The van der Waals surface area contributed by atoms with Crippen LogP contribution in [0, 0.1) is 6.92 Å². The zero-order chi connectivity index (χ0) is 16.5. The summed E-state index contributed by atoms with van der Waals surface area (Å²) in [5.41, 5.74) is 3.23. The van der Waals surface area contributed by atoms with Gasteiger partial charge in [0, 0.05) is 16.7 Å². The lowest BCUT2D eigenvalue weighted by Gasteiger charge is -2.19. The first-order valence-corrected chi connectivity index (χ1v) is 7.53. The molecule has 0 aliphatic rings. The monoisotopic (exact) mass is 314 g/mol. The fraction of sp³-hybridized carbons (Fsp3) is 0.263. The summed E-state index contributed by atoms with van der Waals surface area (Å²) in [5, 5.41) is -0.613. The predicted molar refractivity (Wildman–Crippen MR) is 89.9 cm³/mol. The number of benzene rings is 2. The van der Waals surface area contributed by atoms with Crippen LogP contribution in [0.4, 0.5) is 0 Å². The van der Waals surface area contributed by atoms with Gasteiger partial charge < -0.3 is 0 Å². The molecule has 3 heteroatoms. The summed E-state index contributed by atoms with van der Waals surface area (Å²) in [7, 11) is 0. The van der Waals surface area contributed by atoms with Crippen LogP contribution in [0.2, 0.25) is 0 Å². The van der Waals surface area contributed by atoms with E-state index in [1.54, 1.807) is 30.3 Å². The summed E-state index contributed by atoms with van der Waals surface area (Å²) in [6, 6.07) is 12.6. The van der Waals surface area contributed by atoms with Gasteiger partial charge in [0.15, 0.2) is 5.78 Å². The Morgan fingerprint density at radius 2 is 1.50 bits per heavy atom. The lowest BCUT2D eigenvalue weighted by molar-refractivity contribution is 0.102. The molecule has 0 N–H and O–H groups in total. The molecule has 0 saturated carbocycles. The molecule has 0 amide bonds. The molecule has 0 radical (unpaired) electrons. The van der Waals surface area contributed by atoms with Crippen LogP contribution in [0.5, 0.6) is 0 Å². The molecule has 0 fully saturated rings. The van der Waals surface area contributed by atoms with Crippen molar-refractivity contribution in [3.8, 4) is 0 Å². The third-order valence-electron chi connectivity index (χ3n) is 3.64. The topological polar surface area (TPSA) is 34.1 Å². The van der Waals surface area contributed by atoms with Crippen molar-refractivity contribution >= 4 is 22.6 Å². The fourth-order valence-corrected chi connectivity index (χ4v) is 2.45. The largest absolute Gasteiger partial charge is 0.289 e. The number of ketones is 1. The lowest BCUT2D eigenvalue weighted by atomic mass is 9.86. The summed E-state index contributed by atoms with van der Waals surface area (Å²) in [6.45, 7) is 8.21. The maximum Gasteiger partial charge on any atom is 0.253 e. The van der Waals surface area contributed by atoms with Gasteiger partial charge in [0.1, 0.15) is 0 Å². The molecule has 114 valence electrons. The first-order chi connectivity index (χ1) is 10.2. The zero-order valence-electron chi connectivity index (χ0n) is 13.2. The predicted octanol–water partition coefficient (Wildman–Crippen LogP) is 4.90. The summed E-state index contributed by atoms with van der Waals surface area (Å²) in [4.78, 5) is 24.2. The maximum absolute atomic E-state index is 12.6. The van der Waals surface area contributed by atoms with Gasteiger partial charge in [-0.3, -0.25) is 9.59 Å². The molecular formula is C19H19ClO2. The Morgan fingerprint density at radius 1 is 0.909 bits per heavy atom. The van der Waals surface area contributed by atoms with E-state index in [-0.39, 0.29) is 16.8 Å². The summed E-state index contributed by atoms with van der Waals surface area (Å²) in [6.07, 6.45) is 0. The molecule has 0 spiro atoms. The molecule has 0 saturated heterocycles. The minimum atomic E-state index is -0.613. The van der Waals surface area contributed by atoms with Crippen molar-refractivity contribution in [1.82, 2.24) is 0 Å². The highest BCUT2D eigenvalue weighted by molar-refractivity contribution is 6.68. The first kappa shape index (κ1) is 16.4. The lowest BCUT2D eigenvalue weighted by Crippen LogP contribution is -2.12. The van der Waals surface area contributed by atoms with Crippen LogP contribution < -0.4 is 0 Å². The molecule has 2 aromatic rings. The first-order valence-electron chi connectivity index (χ1n) is 7.16. The second-order valence-electron chi connectivity index (χ2n) is 6.48. The van der Waals surface area contributed by atoms with Crippen LogP contribution in [-0.2, 0) is 5.41 Å². The van der Waals surface area contributed by atoms with Gasteiger partial charge in [0.25, 0.3) is 5.24 Å². The van der Waals surface area contributed by atoms with Gasteiger partial charge in [-0.2, -0.15) is 0 Å². The van der Waals surface area contributed by atoms with Gasteiger partial charge in [0.2, 0.25) is 0 Å². The average molecular weight is 315 g/mol. The highest BCUT2D eigenvalue weighted by Crippen LogP contribution is 2.24. The van der Waals surface area contributed by atoms with Crippen LogP contribution in [0.25, 0.3) is 0 Å². The van der Waals surface area contributed by atoms with Crippen molar-refractivity contribution in [3.05, 3.63) is 70.3 Å². The Balaban J connectivity index is 2.43. The van der Waals surface area contributed by atoms with E-state index in [0.717, 1.165) is 11.1 Å². The van der Waals surface area contributed by atoms with Gasteiger partial charge in [-0.15, -0.1) is 0 Å². The highest BCUT2D eigenvalue weighted by atomic mass is 35.5. The van der Waals surface area contributed by atoms with Crippen LogP contribution in [0.3, 0.4) is 0 Å². The van der Waals surface area contributed by atoms with E-state index in [1.807, 2.05) is 19.1 Å². The van der Waals surface area contributed by atoms with Gasteiger partial charge >= 0.3 is 0 Å². The molecule has 0 bridgehead atoms. The minimum absolute atomic E-state index is 0.0305. The van der Waals surface area contributed by atoms with E-state index in [4.69, 9.17) is 11.6 Å². The summed E-state index contributed by atoms with van der Waals surface area (Å²) < 4.78 is 0. The Kier molecular flexibility index (Phi) is 4.52. The van der Waals surface area contributed by atoms with E-state index in [9.17, 15) is 9.59 Å². The van der Waals surface area contributed by atoms with Crippen molar-refractivity contribution in [2.45, 2.75) is 33.1 Å². The van der Waals surface area contributed by atoms with Crippen LogP contribution in [0.15, 0.2) is 42.5 Å². The van der Waals surface area contributed by atoms with Crippen molar-refractivity contribution in [3.63, 3.8) is 0 Å². The Morgan fingerprint density at radius 3 is 2.00 bits per heavy atom. The second kappa shape index (κ2) is 6.05. The number of hydrogen-bond acceptors (Lipinski definition) is 2. The van der Waals surface area contributed by atoms with Gasteiger partial charge in [0.05, 0.1) is 0 Å². The molecule has 2 aromatic carbocycles. The van der Waals surface area contributed by atoms with E-state index < -0.39 is 5.24 Å². The van der Waals surface area contributed by atoms with E-state index >= 15 is 0 Å². The van der Waals surface area contributed by atoms with Crippen molar-refractivity contribution < 1.29 is 9.59 Å². The van der Waals surface area contributed by atoms with Crippen molar-refractivity contribution in [2.24, 2.45) is 0 Å². The number of rotatable bonds is 3. The van der Waals surface area contributed by atoms with Gasteiger partial charge in [-0.05, 0) is 41.6 Å². The van der Waals surface area contributed by atoms with Crippen LogP contribution >= 0.6 is 11.6 Å². The Labute approximate surface area is 136 Å². The Bertz CT molecular complexity index is 722. The number of aryl methyl sites for hydroxylation is 1. The maximum atomic E-state index is 12.6. The average Bonchev–Trinajstić information content (AvgIpc) is 2.45. The van der Waals surface area contributed by atoms with Crippen LogP contribution in [0.1, 0.15) is 58.2 Å². The third-order valence-corrected chi connectivity index (χ3v) is 3.85. The normalized spacial score (nSPS) is 11.3. The fourth-order valence-electron chi connectivity index (χ4n) is 2.30. The van der Waals surface area contributed by atoms with E-state index in [1.165, 1.54) is 0 Å². The molecular weight excluding hydrogens is 296 g/mol. The van der Waals surface area contributed by atoms with Gasteiger partial charge in [-0.25, -0.2) is 0 Å². The molecule has 0 aromatic heterocycles. The smallest absolute Gasteiger partial charge is 0.253 e. The SMILES string of the molecule is Cc1ccc(C(=O)c2ccc(C(C)(C)C)cc2)c(C(=O)Cl)c1. The van der Waals surface area contributed by atoms with E-state index in [0.29, 0.717) is 11.1 Å². The number of hydrogen-bond donors (Lipinski definition) is 0. The quantitative estimate of drug-likeness (QED) is 0.596. The number of halogens is 1. The molecule has 0 heterocycles. The van der Waals surface area contributed by atoms with Crippen LogP contribution in [-0.4, -0.2) is 11.0 Å². The molecule has 0 unspecified atom stereocenters. The second-order valence-corrected chi connectivity index (χ2v) is 6.82. The Hall–Kier alpha value is -1.93. The molecule has 2 nitrogen and oxygen atoms in total. The molecule has 0 aliphatic carbocycles. The highest BCUT2D eigenvalue weighted by Gasteiger charge is 2.19. The zero-order valence-corrected chi connectivity index (χ0v) is 14.0. The number of carbonyl (C=O) groups is 2. The van der Waals surface area contributed by atoms with E-state index in [2.05, 4.69) is 20.8 Å². The van der Waals surface area contributed by atoms with Crippen molar-refractivity contribution in [1.29, 1.82) is 0 Å². The molecule has 2 rings (SSSR count). The molecule has 0 aliphatic heterocycles. The minimum Gasteiger partial charge on any atom is -0.289 e. The molecule has 22 heavy (non-hydrogen) atoms. The molecule has 0 atom stereocenters. The number of carbonyl (C=O) groups excluding carboxylic acids is 2. The van der Waals surface area contributed by atoms with Crippen molar-refractivity contribution in [2.75, 3.05) is 0 Å². The van der Waals surface area contributed by atoms with Gasteiger partial charge in [-0.1, -0.05) is 56.7 Å².